The van der Waals surface area contributed by atoms with Crippen LogP contribution in [0, 0.1) is 46.3 Å². The zero-order valence-electron chi connectivity index (χ0n) is 25.9. The van der Waals surface area contributed by atoms with Gasteiger partial charge >= 0.3 is 6.09 Å². The summed E-state index contributed by atoms with van der Waals surface area (Å²) in [6.45, 7) is 12.7. The van der Waals surface area contributed by atoms with Gasteiger partial charge in [-0.05, 0) is 125 Å². The number of ether oxygens (including phenoxy) is 1. The molecule has 2 amide bonds. The molecule has 0 heterocycles. The molecule has 0 bridgehead atoms. The molecule has 4 saturated carbocycles. The van der Waals surface area contributed by atoms with Crippen molar-refractivity contribution in [3.8, 4) is 0 Å². The van der Waals surface area contributed by atoms with E-state index in [1.807, 2.05) is 20.8 Å². The van der Waals surface area contributed by atoms with Crippen molar-refractivity contribution in [1.29, 1.82) is 0 Å². The smallest absolute Gasteiger partial charge is 0.407 e. The first-order valence-electron chi connectivity index (χ1n) is 15.8. The van der Waals surface area contributed by atoms with Crippen LogP contribution in [0.5, 0.6) is 0 Å². The highest BCUT2D eigenvalue weighted by atomic mass is 32.2. The second kappa shape index (κ2) is 11.9. The number of rotatable bonds is 8. The molecule has 0 aromatic carbocycles. The summed E-state index contributed by atoms with van der Waals surface area (Å²) in [4.78, 5) is 25.4. The second-order valence-electron chi connectivity index (χ2n) is 15.3. The number of hydrogen-bond acceptors (Lipinski definition) is 6. The van der Waals surface area contributed by atoms with Crippen molar-refractivity contribution >= 4 is 22.1 Å². The molecule has 41 heavy (non-hydrogen) atoms. The number of amides is 2. The maximum Gasteiger partial charge on any atom is 0.407 e. The minimum atomic E-state index is -4.09. The van der Waals surface area contributed by atoms with Crippen molar-refractivity contribution in [2.45, 2.75) is 123 Å². The summed E-state index contributed by atoms with van der Waals surface area (Å²) in [6.07, 6.45) is 8.51. The Labute approximate surface area is 247 Å². The number of alkyl carbamates (subject to hydrolysis) is 1. The first-order chi connectivity index (χ1) is 18.9. The van der Waals surface area contributed by atoms with E-state index in [1.54, 1.807) is 0 Å². The van der Waals surface area contributed by atoms with Gasteiger partial charge in [0, 0.05) is 19.0 Å². The summed E-state index contributed by atoms with van der Waals surface area (Å²) in [5, 5.41) is 16.5. The molecule has 4 aliphatic carbocycles. The Morgan fingerprint density at radius 1 is 1.02 bits per heavy atom. The van der Waals surface area contributed by atoms with E-state index in [2.05, 4.69) is 31.4 Å². The van der Waals surface area contributed by atoms with Crippen molar-refractivity contribution in [2.75, 3.05) is 12.3 Å². The molecule has 10 atom stereocenters. The average Bonchev–Trinajstić information content (AvgIpc) is 3.18. The van der Waals surface area contributed by atoms with E-state index in [1.165, 1.54) is 0 Å². The average molecular weight is 599 g/mol. The van der Waals surface area contributed by atoms with E-state index >= 15 is 0 Å². The van der Waals surface area contributed by atoms with Crippen LogP contribution in [0.25, 0.3) is 0 Å². The lowest BCUT2D eigenvalue weighted by atomic mass is 9.43. The van der Waals surface area contributed by atoms with Gasteiger partial charge < -0.3 is 20.5 Å². The van der Waals surface area contributed by atoms with Gasteiger partial charge in [0.15, 0.2) is 0 Å². The molecular formula is C31H54N2O7S. The number of carbonyl (C=O) groups is 2. The van der Waals surface area contributed by atoms with E-state index in [-0.39, 0.29) is 41.5 Å². The summed E-state index contributed by atoms with van der Waals surface area (Å²) in [5.74, 6) is 1.86. The first-order valence-corrected chi connectivity index (χ1v) is 17.4. The van der Waals surface area contributed by atoms with Crippen molar-refractivity contribution < 1.29 is 32.4 Å². The van der Waals surface area contributed by atoms with E-state index in [4.69, 9.17) is 9.29 Å². The van der Waals surface area contributed by atoms with Crippen LogP contribution in [-0.2, 0) is 19.6 Å². The summed E-state index contributed by atoms with van der Waals surface area (Å²) in [6, 6.07) is 0.0190. The second-order valence-corrected chi connectivity index (χ2v) is 16.9. The molecule has 0 saturated heterocycles. The van der Waals surface area contributed by atoms with Gasteiger partial charge in [-0.1, -0.05) is 20.8 Å². The standard InChI is InChI=1S/C31H54N2O7S/c1-19(7-10-26(35)32-15-16-41(37,38)39)22-8-9-23-27-24(12-14-31(22,23)6)30(5)13-11-21(34)17-20(30)18-25(27)33-28(36)40-29(2,3)4/h19-25,27,34H,7-18H2,1-6H3,(H,32,35)(H,33,36)(H,37,38,39)/t19-,20?,21-,22-,23+,24+,25+,27+,30+,31-/m1/s1. The molecule has 4 fully saturated rings. The van der Waals surface area contributed by atoms with Crippen molar-refractivity contribution in [1.82, 2.24) is 10.6 Å². The highest BCUT2D eigenvalue weighted by Gasteiger charge is 2.63. The van der Waals surface area contributed by atoms with Gasteiger partial charge in [-0.2, -0.15) is 8.42 Å². The molecule has 0 aromatic heterocycles. The maximum absolute atomic E-state index is 13.1. The third-order valence-electron chi connectivity index (χ3n) is 11.7. The quantitative estimate of drug-likeness (QED) is 0.290. The number of fused-ring (bicyclic) bond motifs is 5. The highest BCUT2D eigenvalue weighted by molar-refractivity contribution is 7.85. The lowest BCUT2D eigenvalue weighted by molar-refractivity contribution is -0.141. The Morgan fingerprint density at radius 3 is 2.34 bits per heavy atom. The zero-order chi connectivity index (χ0) is 30.4. The predicted octanol–water partition coefficient (Wildman–Crippen LogP) is 4.93. The van der Waals surface area contributed by atoms with Crippen LogP contribution < -0.4 is 10.6 Å². The van der Waals surface area contributed by atoms with Gasteiger partial charge in [0.25, 0.3) is 10.1 Å². The fraction of sp³-hybridized carbons (Fsp3) is 0.935. The lowest BCUT2D eigenvalue weighted by Crippen LogP contribution is -2.62. The molecular weight excluding hydrogens is 544 g/mol. The SMILES string of the molecule is C[C@H](CCC(=O)NCCS(=O)(=O)O)[C@H]1CC[C@H]2[C@@H]3[C@@H](NC(=O)OC(C)(C)C)CC4C[C@H](O)CC[C@]4(C)[C@H]3CC[C@]12C. The van der Waals surface area contributed by atoms with Gasteiger partial charge in [0.1, 0.15) is 5.60 Å². The lowest BCUT2D eigenvalue weighted by Gasteiger charge is -2.63. The minimum absolute atomic E-state index is 0.0190. The highest BCUT2D eigenvalue weighted by Crippen LogP contribution is 2.68. The van der Waals surface area contributed by atoms with Gasteiger partial charge in [-0.15, -0.1) is 0 Å². The number of aliphatic hydroxyl groups excluding tert-OH is 1. The van der Waals surface area contributed by atoms with Crippen LogP contribution in [0.4, 0.5) is 4.79 Å². The van der Waals surface area contributed by atoms with Crippen molar-refractivity contribution in [2.24, 2.45) is 46.3 Å². The van der Waals surface area contributed by atoms with Gasteiger partial charge in [0.05, 0.1) is 11.9 Å². The van der Waals surface area contributed by atoms with Crippen molar-refractivity contribution in [3.63, 3.8) is 0 Å². The number of carbonyl (C=O) groups excluding carboxylic acids is 2. The Kier molecular flexibility index (Phi) is 9.48. The summed E-state index contributed by atoms with van der Waals surface area (Å²) in [7, 11) is -4.09. The Hall–Kier alpha value is -1.39. The monoisotopic (exact) mass is 598 g/mol. The van der Waals surface area contributed by atoms with Crippen LogP contribution in [-0.4, -0.2) is 60.1 Å². The third-order valence-corrected chi connectivity index (χ3v) is 12.4. The van der Waals surface area contributed by atoms with Crippen LogP contribution >= 0.6 is 0 Å². The van der Waals surface area contributed by atoms with Crippen LogP contribution in [0.2, 0.25) is 0 Å². The minimum Gasteiger partial charge on any atom is -0.444 e. The Bertz CT molecular complexity index is 1070. The van der Waals surface area contributed by atoms with Crippen LogP contribution in [0.1, 0.15) is 106 Å². The number of aliphatic hydroxyl groups is 1. The predicted molar refractivity (Wildman–Crippen MR) is 158 cm³/mol. The normalized spacial score (nSPS) is 39.6. The molecule has 4 aliphatic rings. The molecule has 4 N–H and O–H groups in total. The van der Waals surface area contributed by atoms with Gasteiger partial charge in [0.2, 0.25) is 5.91 Å². The van der Waals surface area contributed by atoms with Crippen LogP contribution in [0.15, 0.2) is 0 Å². The topological polar surface area (TPSA) is 142 Å². The molecule has 0 radical (unpaired) electrons. The Morgan fingerprint density at radius 2 is 1.68 bits per heavy atom. The molecule has 1 unspecified atom stereocenters. The zero-order valence-corrected chi connectivity index (χ0v) is 26.8. The van der Waals surface area contributed by atoms with Gasteiger partial charge in [-0.25, -0.2) is 4.79 Å². The molecule has 236 valence electrons. The van der Waals surface area contributed by atoms with E-state index in [9.17, 15) is 23.1 Å². The summed E-state index contributed by atoms with van der Waals surface area (Å²) >= 11 is 0. The molecule has 9 nitrogen and oxygen atoms in total. The molecule has 10 heteroatoms. The first kappa shape index (κ1) is 32.5. The fourth-order valence-corrected chi connectivity index (χ4v) is 10.2. The molecule has 0 aromatic rings. The largest absolute Gasteiger partial charge is 0.444 e. The Balaban J connectivity index is 1.49. The number of hydrogen-bond donors (Lipinski definition) is 4. The molecule has 0 spiro atoms. The maximum atomic E-state index is 13.1. The van der Waals surface area contributed by atoms with E-state index in [0.717, 1.165) is 57.8 Å². The summed E-state index contributed by atoms with van der Waals surface area (Å²) < 4.78 is 36.5. The molecule has 0 aliphatic heterocycles. The van der Waals surface area contributed by atoms with Crippen LogP contribution in [0.3, 0.4) is 0 Å². The third kappa shape index (κ3) is 7.23. The fourth-order valence-electron chi connectivity index (χ4n) is 9.80. The van der Waals surface area contributed by atoms with Gasteiger partial charge in [-0.3, -0.25) is 9.35 Å². The van der Waals surface area contributed by atoms with E-state index < -0.39 is 21.5 Å². The number of nitrogens with one attached hydrogen (secondary N) is 2. The summed E-state index contributed by atoms with van der Waals surface area (Å²) in [5.41, 5.74) is -0.282. The van der Waals surface area contributed by atoms with E-state index in [0.29, 0.717) is 41.9 Å². The molecule has 4 rings (SSSR count). The van der Waals surface area contributed by atoms with Crippen molar-refractivity contribution in [3.05, 3.63) is 0 Å².